The van der Waals surface area contributed by atoms with Gasteiger partial charge in [-0.25, -0.2) is 0 Å². The number of nitrogens with zero attached hydrogens (tertiary/aromatic N) is 1. The largest absolute Gasteiger partial charge is 0.492 e. The summed E-state index contributed by atoms with van der Waals surface area (Å²) in [6.07, 6.45) is 0.755. The van der Waals surface area contributed by atoms with Crippen LogP contribution in [-0.2, 0) is 25.5 Å². The summed E-state index contributed by atoms with van der Waals surface area (Å²) in [4.78, 5) is 38.5. The molecule has 0 fully saturated rings. The number of carbonyl (C=O) groups excluding carboxylic acids is 3. The van der Waals surface area contributed by atoms with Crippen molar-refractivity contribution in [3.63, 3.8) is 0 Å². The molecule has 2 aromatic carbocycles. The molecule has 0 bridgehead atoms. The third kappa shape index (κ3) is 6.27. The number of nitrogens with one attached hydrogen (secondary N) is 2. The second kappa shape index (κ2) is 12.7. The Hall–Kier alpha value is -3.48. The normalized spacial score (nSPS) is 17.0. The van der Waals surface area contributed by atoms with E-state index in [1.165, 1.54) is 7.11 Å². The van der Waals surface area contributed by atoms with Crippen molar-refractivity contribution in [3.05, 3.63) is 68.7 Å². The van der Waals surface area contributed by atoms with Crippen molar-refractivity contribution >= 4 is 46.8 Å². The fraction of sp³-hybridized carbons (Fsp3) is 0.333. The number of nitriles is 1. The van der Waals surface area contributed by atoms with Gasteiger partial charge in [0.15, 0.2) is 0 Å². The number of hydrogen-bond acceptors (Lipinski definition) is 7. The lowest BCUT2D eigenvalue weighted by Crippen LogP contribution is -2.44. The Morgan fingerprint density at radius 2 is 2.00 bits per heavy atom. The summed E-state index contributed by atoms with van der Waals surface area (Å²) in [5.41, 5.74) is 3.32. The van der Waals surface area contributed by atoms with E-state index in [9.17, 15) is 19.6 Å². The minimum Gasteiger partial charge on any atom is -0.492 e. The summed E-state index contributed by atoms with van der Waals surface area (Å²) < 4.78 is 10.3. The highest BCUT2D eigenvalue weighted by atomic mass is 35.5. The third-order valence-corrected chi connectivity index (χ3v) is 7.26. The van der Waals surface area contributed by atoms with Crippen LogP contribution in [0.15, 0.2) is 47.0 Å². The number of methoxy groups -OCH3 is 1. The highest BCUT2D eigenvalue weighted by Gasteiger charge is 2.44. The molecule has 1 aliphatic rings. The molecule has 0 radical (unpaired) electrons. The smallest absolute Gasteiger partial charge is 0.319 e. The van der Waals surface area contributed by atoms with Crippen molar-refractivity contribution in [2.24, 2.45) is 5.92 Å². The van der Waals surface area contributed by atoms with Gasteiger partial charge in [-0.2, -0.15) is 5.26 Å². The molecular formula is C27H28ClN3O5S. The van der Waals surface area contributed by atoms with Crippen LogP contribution >= 0.6 is 23.4 Å². The molecule has 37 heavy (non-hydrogen) atoms. The topological polar surface area (TPSA) is 118 Å². The number of benzene rings is 2. The van der Waals surface area contributed by atoms with Crippen molar-refractivity contribution in [3.8, 4) is 11.8 Å². The Kier molecular flexibility index (Phi) is 9.61. The second-order valence-electron chi connectivity index (χ2n) is 8.24. The van der Waals surface area contributed by atoms with Gasteiger partial charge in [-0.05, 0) is 49.1 Å². The van der Waals surface area contributed by atoms with E-state index < -0.39 is 23.7 Å². The monoisotopic (exact) mass is 541 g/mol. The molecule has 3 rings (SSSR count). The summed E-state index contributed by atoms with van der Waals surface area (Å²) in [5.74, 6) is -3.57. The first-order chi connectivity index (χ1) is 17.7. The Morgan fingerprint density at radius 3 is 2.62 bits per heavy atom. The van der Waals surface area contributed by atoms with Gasteiger partial charge < -0.3 is 20.1 Å². The van der Waals surface area contributed by atoms with Crippen LogP contribution in [0.5, 0.6) is 5.75 Å². The van der Waals surface area contributed by atoms with Gasteiger partial charge in [0.1, 0.15) is 11.7 Å². The van der Waals surface area contributed by atoms with Crippen molar-refractivity contribution in [1.29, 1.82) is 5.26 Å². The van der Waals surface area contributed by atoms with E-state index in [1.807, 2.05) is 39.0 Å². The Balaban J connectivity index is 1.94. The van der Waals surface area contributed by atoms with Gasteiger partial charge in [-0.1, -0.05) is 54.6 Å². The molecule has 2 atom stereocenters. The van der Waals surface area contributed by atoms with E-state index in [0.717, 1.165) is 35.0 Å². The van der Waals surface area contributed by atoms with Crippen LogP contribution in [0, 0.1) is 24.2 Å². The average Bonchev–Trinajstić information content (AvgIpc) is 2.89. The molecule has 0 aliphatic carbocycles. The van der Waals surface area contributed by atoms with Gasteiger partial charge in [0.2, 0.25) is 11.8 Å². The molecule has 2 amide bonds. The minimum atomic E-state index is -1.30. The zero-order valence-corrected chi connectivity index (χ0v) is 22.6. The second-order valence-corrected chi connectivity index (χ2v) is 9.64. The van der Waals surface area contributed by atoms with Crippen LogP contribution in [0.3, 0.4) is 0 Å². The quantitative estimate of drug-likeness (QED) is 0.348. The number of carbonyl (C=O) groups is 3. The number of anilines is 1. The first-order valence-electron chi connectivity index (χ1n) is 11.7. The molecule has 8 nitrogen and oxygen atoms in total. The number of esters is 1. The number of para-hydroxylation sites is 1. The standard InChI is InChI=1S/C27H28ClN3O5S/c1-5-16-9-7-8-15(3)24(16)30-21(32)14-37-26-18(13-29)22(23(25(33)31-26)27(34)35-4)17-10-11-20(36-6-2)19(28)12-17/h7-12,22-23H,5-6,14H2,1-4H3,(H,30,32)(H,31,33)/t22-,23-/m1/s1. The van der Waals surface area contributed by atoms with Crippen molar-refractivity contribution in [2.45, 2.75) is 33.1 Å². The van der Waals surface area contributed by atoms with Crippen molar-refractivity contribution in [2.75, 3.05) is 24.8 Å². The van der Waals surface area contributed by atoms with E-state index in [-0.39, 0.29) is 27.3 Å². The van der Waals surface area contributed by atoms with Crippen LogP contribution in [-0.4, -0.2) is 37.3 Å². The van der Waals surface area contributed by atoms with E-state index in [2.05, 4.69) is 16.7 Å². The number of thioether (sulfide) groups is 1. The number of amides is 2. The third-order valence-electron chi connectivity index (χ3n) is 5.95. The molecule has 0 aromatic heterocycles. The maximum Gasteiger partial charge on any atom is 0.319 e. The summed E-state index contributed by atoms with van der Waals surface area (Å²) in [6.45, 7) is 6.15. The number of allylic oxidation sites excluding steroid dienone is 1. The first-order valence-corrected chi connectivity index (χ1v) is 13.1. The van der Waals surface area contributed by atoms with Crippen LogP contribution in [0.2, 0.25) is 5.02 Å². The molecule has 1 heterocycles. The van der Waals surface area contributed by atoms with Crippen LogP contribution < -0.4 is 15.4 Å². The summed E-state index contributed by atoms with van der Waals surface area (Å²) in [5, 5.41) is 16.1. The van der Waals surface area contributed by atoms with Crippen LogP contribution in [0.4, 0.5) is 5.69 Å². The molecule has 0 unspecified atom stereocenters. The fourth-order valence-corrected chi connectivity index (χ4v) is 5.27. The lowest BCUT2D eigenvalue weighted by molar-refractivity contribution is -0.150. The molecule has 0 saturated heterocycles. The minimum absolute atomic E-state index is 0.0576. The molecule has 194 valence electrons. The number of hydrogen-bond donors (Lipinski definition) is 2. The van der Waals surface area contributed by atoms with Gasteiger partial charge >= 0.3 is 5.97 Å². The van der Waals surface area contributed by atoms with Gasteiger partial charge in [0, 0.05) is 11.6 Å². The van der Waals surface area contributed by atoms with Gasteiger partial charge in [0.05, 0.1) is 41.2 Å². The van der Waals surface area contributed by atoms with Gasteiger partial charge in [0.25, 0.3) is 0 Å². The van der Waals surface area contributed by atoms with Crippen molar-refractivity contribution in [1.82, 2.24) is 5.32 Å². The number of ether oxygens (including phenoxy) is 2. The number of rotatable bonds is 9. The predicted octanol–water partition coefficient (Wildman–Crippen LogP) is 4.72. The molecule has 0 spiro atoms. The SMILES string of the molecule is CCOc1ccc([C@@H]2C(C#N)=C(SCC(=O)Nc3c(C)cccc3CC)NC(=O)[C@@H]2C(=O)OC)cc1Cl. The highest BCUT2D eigenvalue weighted by Crippen LogP contribution is 2.42. The van der Waals surface area contributed by atoms with Crippen LogP contribution in [0.1, 0.15) is 36.5 Å². The molecule has 10 heteroatoms. The Labute approximate surface area is 225 Å². The average molecular weight is 542 g/mol. The van der Waals surface area contributed by atoms with Crippen LogP contribution in [0.25, 0.3) is 0 Å². The lowest BCUT2D eigenvalue weighted by atomic mass is 9.78. The number of halogens is 1. The summed E-state index contributed by atoms with van der Waals surface area (Å²) in [6, 6.07) is 12.8. The van der Waals surface area contributed by atoms with E-state index in [1.54, 1.807) is 18.2 Å². The fourth-order valence-electron chi connectivity index (χ4n) is 4.18. The lowest BCUT2D eigenvalue weighted by Gasteiger charge is -2.31. The molecule has 0 saturated carbocycles. The molecule has 1 aliphatic heterocycles. The predicted molar refractivity (Wildman–Crippen MR) is 143 cm³/mol. The number of aryl methyl sites for hydroxylation is 2. The van der Waals surface area contributed by atoms with Gasteiger partial charge in [-0.3, -0.25) is 14.4 Å². The zero-order valence-electron chi connectivity index (χ0n) is 21.0. The highest BCUT2D eigenvalue weighted by molar-refractivity contribution is 8.03. The maximum absolute atomic E-state index is 13.0. The zero-order chi connectivity index (χ0) is 27.1. The van der Waals surface area contributed by atoms with E-state index in [0.29, 0.717) is 17.9 Å². The van der Waals surface area contributed by atoms with E-state index in [4.69, 9.17) is 21.1 Å². The van der Waals surface area contributed by atoms with Gasteiger partial charge in [-0.15, -0.1) is 0 Å². The van der Waals surface area contributed by atoms with E-state index >= 15 is 0 Å². The summed E-state index contributed by atoms with van der Waals surface area (Å²) >= 11 is 7.39. The first kappa shape index (κ1) is 28.1. The Morgan fingerprint density at radius 1 is 1.24 bits per heavy atom. The van der Waals surface area contributed by atoms with Crippen molar-refractivity contribution < 1.29 is 23.9 Å². The Bertz CT molecular complexity index is 1290. The molecule has 2 N–H and O–H groups in total. The maximum atomic E-state index is 13.0. The summed E-state index contributed by atoms with van der Waals surface area (Å²) in [7, 11) is 1.18. The molecular weight excluding hydrogens is 514 g/mol. The molecule has 2 aromatic rings.